The third-order valence-electron chi connectivity index (χ3n) is 6.77. The van der Waals surface area contributed by atoms with Gasteiger partial charge in [-0.1, -0.05) is 40.5 Å². The zero-order valence-electron chi connectivity index (χ0n) is 20.4. The van der Waals surface area contributed by atoms with Gasteiger partial charge in [0.15, 0.2) is 0 Å². The molecule has 2 heterocycles. The Labute approximate surface area is 200 Å². The van der Waals surface area contributed by atoms with Gasteiger partial charge in [0, 0.05) is 24.9 Å². The minimum absolute atomic E-state index is 0.0155. The summed E-state index contributed by atoms with van der Waals surface area (Å²) in [6.45, 7) is 7.99. The minimum Gasteiger partial charge on any atom is -0.480 e. The number of H-pyrrole nitrogens is 1. The monoisotopic (exact) mass is 478 g/mol. The van der Waals surface area contributed by atoms with Crippen LogP contribution in [0, 0.1) is 11.8 Å². The highest BCUT2D eigenvalue weighted by molar-refractivity contribution is 5.94. The molecule has 1 aliphatic heterocycles. The van der Waals surface area contributed by atoms with Crippen LogP contribution in [0.25, 0.3) is 0 Å². The number of nitrogens with zero attached hydrogens (tertiary/aromatic N) is 2. The fraction of sp³-hybridized carbons (Fsp3) is 0.696. The topological polar surface area (TPSA) is 171 Å². The van der Waals surface area contributed by atoms with Crippen LogP contribution in [0.1, 0.15) is 59.1 Å². The smallest absolute Gasteiger partial charge is 0.326 e. The van der Waals surface area contributed by atoms with Gasteiger partial charge in [0.25, 0.3) is 0 Å². The normalized spacial score (nSPS) is 20.1. The maximum Gasteiger partial charge on any atom is 0.326 e. The lowest BCUT2D eigenvalue weighted by Crippen LogP contribution is -2.58. The van der Waals surface area contributed by atoms with Crippen LogP contribution in [-0.4, -0.2) is 74.4 Å². The van der Waals surface area contributed by atoms with Crippen LogP contribution in [0.5, 0.6) is 0 Å². The average Bonchev–Trinajstić information content (AvgIpc) is 3.52. The van der Waals surface area contributed by atoms with Crippen molar-refractivity contribution >= 4 is 23.7 Å². The first-order chi connectivity index (χ1) is 16.1. The highest BCUT2D eigenvalue weighted by Crippen LogP contribution is 2.21. The molecule has 1 fully saturated rings. The van der Waals surface area contributed by atoms with Gasteiger partial charge in [0.05, 0.1) is 12.4 Å². The Bertz CT molecular complexity index is 845. The fourth-order valence-corrected chi connectivity index (χ4v) is 4.02. The van der Waals surface area contributed by atoms with Gasteiger partial charge in [0.1, 0.15) is 18.1 Å². The summed E-state index contributed by atoms with van der Waals surface area (Å²) in [6, 6.07) is -3.52. The summed E-state index contributed by atoms with van der Waals surface area (Å²) in [4.78, 5) is 59.1. The number of aromatic nitrogens is 2. The van der Waals surface area contributed by atoms with Crippen molar-refractivity contribution in [3.8, 4) is 0 Å². The Morgan fingerprint density at radius 3 is 2.44 bits per heavy atom. The Morgan fingerprint density at radius 1 is 1.21 bits per heavy atom. The van der Waals surface area contributed by atoms with Gasteiger partial charge in [-0.2, -0.15) is 0 Å². The number of likely N-dealkylation sites (tertiary alicyclic amines) is 1. The van der Waals surface area contributed by atoms with Crippen molar-refractivity contribution < 1.29 is 24.3 Å². The van der Waals surface area contributed by atoms with E-state index in [1.165, 1.54) is 17.4 Å². The van der Waals surface area contributed by atoms with E-state index in [0.717, 1.165) is 6.42 Å². The number of hydrogen-bond donors (Lipinski definition) is 5. The standard InChI is InChI=1S/C23H38N6O5/c1-5-13(3)18(24)22(32)29-9-7-8-17(29)20(30)28-19(14(4)6-2)21(31)27-16(23(33)34)10-15-11-25-12-26-15/h11-14,16-19H,5-10,24H2,1-4H3,(H,25,26)(H,27,31)(H,28,30)(H,33,34). The maximum absolute atomic E-state index is 13.2. The molecule has 1 saturated heterocycles. The van der Waals surface area contributed by atoms with Crippen LogP contribution < -0.4 is 16.4 Å². The lowest BCUT2D eigenvalue weighted by molar-refractivity contribution is -0.143. The highest BCUT2D eigenvalue weighted by Gasteiger charge is 2.39. The van der Waals surface area contributed by atoms with E-state index in [1.807, 2.05) is 27.7 Å². The van der Waals surface area contributed by atoms with Crippen LogP contribution in [-0.2, 0) is 25.6 Å². The molecule has 3 amide bonds. The zero-order chi connectivity index (χ0) is 25.4. The molecule has 190 valence electrons. The van der Waals surface area contributed by atoms with Crippen LogP contribution in [0.4, 0.5) is 0 Å². The van der Waals surface area contributed by atoms with Gasteiger partial charge in [-0.3, -0.25) is 14.4 Å². The summed E-state index contributed by atoms with van der Waals surface area (Å²) < 4.78 is 0. The molecule has 1 aliphatic rings. The van der Waals surface area contributed by atoms with Crippen LogP contribution in [0.3, 0.4) is 0 Å². The van der Waals surface area contributed by atoms with Gasteiger partial charge < -0.3 is 31.4 Å². The lowest BCUT2D eigenvalue weighted by atomic mass is 9.96. The van der Waals surface area contributed by atoms with Crippen molar-refractivity contribution in [1.29, 1.82) is 0 Å². The first-order valence-electron chi connectivity index (χ1n) is 12.0. The molecule has 34 heavy (non-hydrogen) atoms. The summed E-state index contributed by atoms with van der Waals surface area (Å²) in [5, 5.41) is 14.9. The summed E-state index contributed by atoms with van der Waals surface area (Å²) >= 11 is 0. The van der Waals surface area contributed by atoms with Crippen molar-refractivity contribution in [2.45, 2.75) is 84.0 Å². The molecule has 2 rings (SSSR count). The number of hydrogen-bond acceptors (Lipinski definition) is 6. The fourth-order valence-electron chi connectivity index (χ4n) is 4.02. The number of carbonyl (C=O) groups is 4. The van der Waals surface area contributed by atoms with Gasteiger partial charge in [-0.15, -0.1) is 0 Å². The predicted octanol–water partition coefficient (Wildman–Crippen LogP) is 0.417. The number of carboxylic acid groups (broad SMARTS) is 1. The first kappa shape index (κ1) is 27.3. The number of aliphatic carboxylic acids is 1. The third kappa shape index (κ3) is 6.78. The molecule has 0 saturated carbocycles. The van der Waals surface area contributed by atoms with Gasteiger partial charge in [-0.05, 0) is 24.7 Å². The molecule has 0 aromatic carbocycles. The molecular weight excluding hydrogens is 440 g/mol. The second-order valence-corrected chi connectivity index (χ2v) is 9.15. The number of imidazole rings is 1. The number of rotatable bonds is 12. The molecular formula is C23H38N6O5. The highest BCUT2D eigenvalue weighted by atomic mass is 16.4. The Balaban J connectivity index is 2.12. The van der Waals surface area contributed by atoms with E-state index in [4.69, 9.17) is 5.73 Å². The van der Waals surface area contributed by atoms with Crippen molar-refractivity contribution in [1.82, 2.24) is 25.5 Å². The largest absolute Gasteiger partial charge is 0.480 e. The predicted molar refractivity (Wildman–Crippen MR) is 125 cm³/mol. The number of nitrogens with one attached hydrogen (secondary N) is 3. The molecule has 6 unspecified atom stereocenters. The Morgan fingerprint density at radius 2 is 1.88 bits per heavy atom. The van der Waals surface area contributed by atoms with E-state index in [-0.39, 0.29) is 24.2 Å². The SMILES string of the molecule is CCC(C)C(N)C(=O)N1CCCC1C(=O)NC(C(=O)NC(Cc1cnc[nH]1)C(=O)O)C(C)CC. The molecule has 6 N–H and O–H groups in total. The van der Waals surface area contributed by atoms with E-state index in [9.17, 15) is 24.3 Å². The first-order valence-corrected chi connectivity index (χ1v) is 12.0. The van der Waals surface area contributed by atoms with Crippen molar-refractivity contribution in [2.24, 2.45) is 17.6 Å². The number of amides is 3. The van der Waals surface area contributed by atoms with Gasteiger partial charge in [0.2, 0.25) is 17.7 Å². The van der Waals surface area contributed by atoms with Crippen molar-refractivity contribution in [2.75, 3.05) is 6.54 Å². The van der Waals surface area contributed by atoms with E-state index in [2.05, 4.69) is 20.6 Å². The minimum atomic E-state index is -1.19. The Kier molecular flexibility index (Phi) is 10.0. The van der Waals surface area contributed by atoms with E-state index in [1.54, 1.807) is 0 Å². The molecule has 0 spiro atoms. The summed E-state index contributed by atoms with van der Waals surface area (Å²) in [7, 11) is 0. The maximum atomic E-state index is 13.2. The third-order valence-corrected chi connectivity index (χ3v) is 6.77. The van der Waals surface area contributed by atoms with Crippen LogP contribution in [0.2, 0.25) is 0 Å². The molecule has 11 heteroatoms. The molecule has 1 aromatic rings. The second-order valence-electron chi connectivity index (χ2n) is 9.15. The number of aromatic amines is 1. The molecule has 6 atom stereocenters. The molecule has 0 radical (unpaired) electrons. The van der Waals surface area contributed by atoms with Crippen LogP contribution in [0.15, 0.2) is 12.5 Å². The molecule has 0 bridgehead atoms. The number of carboxylic acids is 1. The molecule has 0 aliphatic carbocycles. The van der Waals surface area contributed by atoms with E-state index in [0.29, 0.717) is 31.5 Å². The number of carbonyl (C=O) groups excluding carboxylic acids is 3. The van der Waals surface area contributed by atoms with Gasteiger partial charge >= 0.3 is 5.97 Å². The molecule has 11 nitrogen and oxygen atoms in total. The Hall–Kier alpha value is -2.95. The van der Waals surface area contributed by atoms with Crippen LogP contribution >= 0.6 is 0 Å². The lowest BCUT2D eigenvalue weighted by Gasteiger charge is -2.31. The zero-order valence-corrected chi connectivity index (χ0v) is 20.4. The van der Waals surface area contributed by atoms with E-state index >= 15 is 0 Å². The van der Waals surface area contributed by atoms with Crippen molar-refractivity contribution in [3.05, 3.63) is 18.2 Å². The summed E-state index contributed by atoms with van der Waals surface area (Å²) in [5.41, 5.74) is 6.69. The quantitative estimate of drug-likeness (QED) is 0.290. The number of nitrogens with two attached hydrogens (primary N) is 1. The average molecular weight is 479 g/mol. The van der Waals surface area contributed by atoms with E-state index < -0.39 is 42.0 Å². The van der Waals surface area contributed by atoms with Gasteiger partial charge in [-0.25, -0.2) is 9.78 Å². The summed E-state index contributed by atoms with van der Waals surface area (Å²) in [5.74, 6) is -2.73. The summed E-state index contributed by atoms with van der Waals surface area (Å²) in [6.07, 6.45) is 5.44. The second kappa shape index (κ2) is 12.5. The molecule has 1 aromatic heterocycles. The van der Waals surface area contributed by atoms with Crippen molar-refractivity contribution in [3.63, 3.8) is 0 Å².